The summed E-state index contributed by atoms with van der Waals surface area (Å²) in [6.45, 7) is 1.49. The van der Waals surface area contributed by atoms with Gasteiger partial charge in [0.2, 0.25) is 11.8 Å². The van der Waals surface area contributed by atoms with Gasteiger partial charge in [-0.3, -0.25) is 14.9 Å². The molecule has 0 aliphatic carbocycles. The van der Waals surface area contributed by atoms with E-state index in [0.29, 0.717) is 0 Å². The second-order valence-corrected chi connectivity index (χ2v) is 6.65. The molecule has 3 rings (SSSR count). The number of rotatable bonds is 4. The largest absolute Gasteiger partial charge is 0.416 e. The fourth-order valence-electron chi connectivity index (χ4n) is 3.23. The van der Waals surface area contributed by atoms with Crippen molar-refractivity contribution in [2.45, 2.75) is 37.8 Å². The van der Waals surface area contributed by atoms with Gasteiger partial charge < -0.3 is 10.6 Å². The van der Waals surface area contributed by atoms with E-state index in [4.69, 9.17) is 0 Å². The fraction of sp³-hybridized carbons (Fsp3) is 0.300. The molecule has 0 radical (unpaired) electrons. The van der Waals surface area contributed by atoms with Gasteiger partial charge in [-0.15, -0.1) is 0 Å². The van der Waals surface area contributed by atoms with E-state index >= 15 is 0 Å². The Bertz CT molecular complexity index is 855. The molecular weight excluding hydrogens is 371 g/mol. The molecule has 0 spiro atoms. The minimum Gasteiger partial charge on any atom is -0.348 e. The van der Waals surface area contributed by atoms with Crippen LogP contribution >= 0.6 is 0 Å². The summed E-state index contributed by atoms with van der Waals surface area (Å²) in [4.78, 5) is 24.7. The maximum Gasteiger partial charge on any atom is 0.416 e. The van der Waals surface area contributed by atoms with E-state index in [-0.39, 0.29) is 17.9 Å². The molecule has 28 heavy (non-hydrogen) atoms. The van der Waals surface area contributed by atoms with Crippen molar-refractivity contribution in [2.75, 3.05) is 0 Å². The summed E-state index contributed by atoms with van der Waals surface area (Å²) in [5, 5.41) is 8.38. The van der Waals surface area contributed by atoms with Crippen LogP contribution in [0.5, 0.6) is 0 Å². The predicted octanol–water partition coefficient (Wildman–Crippen LogP) is 3.06. The second-order valence-electron chi connectivity index (χ2n) is 6.65. The summed E-state index contributed by atoms with van der Waals surface area (Å²) in [7, 11) is 0. The van der Waals surface area contributed by atoms with Crippen molar-refractivity contribution in [3.8, 4) is 0 Å². The molecular formula is C20H20F3N3O2. The molecule has 3 atom stereocenters. The van der Waals surface area contributed by atoms with E-state index in [1.807, 2.05) is 18.2 Å². The Morgan fingerprint density at radius 3 is 2.43 bits per heavy atom. The molecule has 1 heterocycles. The van der Waals surface area contributed by atoms with Crippen molar-refractivity contribution >= 4 is 11.8 Å². The standard InChI is InChI=1S/C20H20F3N3O2/c1-12(14-9-5-6-10-15(14)20(21,22)23)24-19(28)16-11-17(27)26-18(25-16)13-7-3-2-4-8-13/h2-10,12,16,18,25H,11H2,1H3,(H,24,28)(H,26,27). The number of carbonyl (C=O) groups is 2. The van der Waals surface area contributed by atoms with Crippen LogP contribution in [0.3, 0.4) is 0 Å². The van der Waals surface area contributed by atoms with Gasteiger partial charge in [0.05, 0.1) is 24.1 Å². The van der Waals surface area contributed by atoms with Crippen molar-refractivity contribution in [1.82, 2.24) is 16.0 Å². The molecule has 1 aliphatic rings. The number of carbonyl (C=O) groups excluding carboxylic acids is 2. The molecule has 5 nitrogen and oxygen atoms in total. The SMILES string of the molecule is CC(NC(=O)C1CC(=O)NC(c2ccccc2)N1)c1ccccc1C(F)(F)F. The highest BCUT2D eigenvalue weighted by molar-refractivity contribution is 5.89. The van der Waals surface area contributed by atoms with Gasteiger partial charge in [-0.2, -0.15) is 13.2 Å². The summed E-state index contributed by atoms with van der Waals surface area (Å²) >= 11 is 0. The number of benzene rings is 2. The quantitative estimate of drug-likeness (QED) is 0.750. The molecule has 0 saturated carbocycles. The Morgan fingerprint density at radius 2 is 1.75 bits per heavy atom. The number of hydrogen-bond acceptors (Lipinski definition) is 3. The molecule has 2 aromatic rings. The summed E-state index contributed by atoms with van der Waals surface area (Å²) in [6, 6.07) is 12.5. The van der Waals surface area contributed by atoms with Gasteiger partial charge >= 0.3 is 6.18 Å². The Labute approximate surface area is 160 Å². The van der Waals surface area contributed by atoms with Gasteiger partial charge in [0.25, 0.3) is 0 Å². The Hall–Kier alpha value is -2.87. The average molecular weight is 391 g/mol. The number of halogens is 3. The Morgan fingerprint density at radius 1 is 1.11 bits per heavy atom. The first kappa shape index (κ1) is 19.9. The van der Waals surface area contributed by atoms with E-state index in [9.17, 15) is 22.8 Å². The summed E-state index contributed by atoms with van der Waals surface area (Å²) < 4.78 is 39.6. The highest BCUT2D eigenvalue weighted by Gasteiger charge is 2.36. The lowest BCUT2D eigenvalue weighted by atomic mass is 10.00. The first-order valence-corrected chi connectivity index (χ1v) is 8.82. The van der Waals surface area contributed by atoms with Crippen LogP contribution in [0.4, 0.5) is 13.2 Å². The molecule has 0 bridgehead atoms. The molecule has 1 aliphatic heterocycles. The molecule has 3 unspecified atom stereocenters. The van der Waals surface area contributed by atoms with Gasteiger partial charge in [-0.1, -0.05) is 48.5 Å². The number of nitrogens with one attached hydrogen (secondary N) is 3. The third-order valence-corrected chi connectivity index (χ3v) is 4.60. The van der Waals surface area contributed by atoms with Crippen LogP contribution in [0.1, 0.15) is 42.2 Å². The molecule has 2 amide bonds. The number of amides is 2. The van der Waals surface area contributed by atoms with Gasteiger partial charge in [0, 0.05) is 0 Å². The molecule has 1 fully saturated rings. The fourth-order valence-corrected chi connectivity index (χ4v) is 3.23. The molecule has 2 aromatic carbocycles. The highest BCUT2D eigenvalue weighted by atomic mass is 19.4. The van der Waals surface area contributed by atoms with Crippen molar-refractivity contribution in [3.63, 3.8) is 0 Å². The van der Waals surface area contributed by atoms with Crippen LogP contribution in [0.15, 0.2) is 54.6 Å². The van der Waals surface area contributed by atoms with Crippen LogP contribution in [0, 0.1) is 0 Å². The van der Waals surface area contributed by atoms with E-state index in [1.165, 1.54) is 25.1 Å². The van der Waals surface area contributed by atoms with Gasteiger partial charge in [0.15, 0.2) is 0 Å². The van der Waals surface area contributed by atoms with Crippen LogP contribution < -0.4 is 16.0 Å². The van der Waals surface area contributed by atoms with E-state index in [0.717, 1.165) is 11.6 Å². The molecule has 8 heteroatoms. The first-order chi connectivity index (χ1) is 13.3. The third-order valence-electron chi connectivity index (χ3n) is 4.60. The molecule has 1 saturated heterocycles. The lowest BCUT2D eigenvalue weighted by Crippen LogP contribution is -2.56. The lowest BCUT2D eigenvalue weighted by Gasteiger charge is -2.32. The minimum atomic E-state index is -4.52. The van der Waals surface area contributed by atoms with Crippen LogP contribution in [-0.4, -0.2) is 17.9 Å². The zero-order valence-electron chi connectivity index (χ0n) is 15.1. The minimum absolute atomic E-state index is 0.0248. The van der Waals surface area contributed by atoms with Crippen LogP contribution in [-0.2, 0) is 15.8 Å². The maximum atomic E-state index is 13.2. The zero-order valence-corrected chi connectivity index (χ0v) is 15.1. The monoisotopic (exact) mass is 391 g/mol. The smallest absolute Gasteiger partial charge is 0.348 e. The van der Waals surface area contributed by atoms with Crippen molar-refractivity contribution in [3.05, 3.63) is 71.3 Å². The van der Waals surface area contributed by atoms with Crippen molar-refractivity contribution in [2.24, 2.45) is 0 Å². The van der Waals surface area contributed by atoms with Crippen molar-refractivity contribution in [1.29, 1.82) is 0 Å². The maximum absolute atomic E-state index is 13.2. The first-order valence-electron chi connectivity index (χ1n) is 8.82. The van der Waals surface area contributed by atoms with E-state index in [1.54, 1.807) is 12.1 Å². The Balaban J connectivity index is 1.73. The summed E-state index contributed by atoms with van der Waals surface area (Å²) in [6.07, 6.45) is -5.16. The lowest BCUT2D eigenvalue weighted by molar-refractivity contribution is -0.139. The van der Waals surface area contributed by atoms with E-state index in [2.05, 4.69) is 16.0 Å². The molecule has 148 valence electrons. The second kappa shape index (κ2) is 8.02. The van der Waals surface area contributed by atoms with Gasteiger partial charge in [0.1, 0.15) is 6.17 Å². The number of hydrogen-bond donors (Lipinski definition) is 3. The predicted molar refractivity (Wildman–Crippen MR) is 96.9 cm³/mol. The molecule has 3 N–H and O–H groups in total. The average Bonchev–Trinajstić information content (AvgIpc) is 2.67. The summed E-state index contributed by atoms with van der Waals surface area (Å²) in [5.41, 5.74) is -0.0358. The summed E-state index contributed by atoms with van der Waals surface area (Å²) in [5.74, 6) is -0.837. The zero-order chi connectivity index (χ0) is 20.3. The number of alkyl halides is 3. The Kier molecular flexibility index (Phi) is 5.69. The van der Waals surface area contributed by atoms with Crippen LogP contribution in [0.2, 0.25) is 0 Å². The van der Waals surface area contributed by atoms with E-state index < -0.39 is 35.9 Å². The topological polar surface area (TPSA) is 70.2 Å². The normalized spacial score (nSPS) is 20.9. The van der Waals surface area contributed by atoms with Gasteiger partial charge in [-0.25, -0.2) is 0 Å². The van der Waals surface area contributed by atoms with Crippen LogP contribution in [0.25, 0.3) is 0 Å². The molecule has 0 aromatic heterocycles. The van der Waals surface area contributed by atoms with Gasteiger partial charge in [-0.05, 0) is 24.1 Å². The van der Waals surface area contributed by atoms with Crippen molar-refractivity contribution < 1.29 is 22.8 Å². The highest BCUT2D eigenvalue weighted by Crippen LogP contribution is 2.34. The third kappa shape index (κ3) is 4.51.